The number of Topliss-reactive ketones (excluding diaryl/α,β-unsaturated/α-hetero) is 2. The minimum atomic E-state index is -1.07. The molecular formula is C20H16ClFN2O4. The van der Waals surface area contributed by atoms with Gasteiger partial charge in [-0.1, -0.05) is 11.6 Å². The number of aryl methyl sites for hydroxylation is 1. The number of hydrogen-bond donors (Lipinski definition) is 2. The number of H-pyrrole nitrogens is 1. The van der Waals surface area contributed by atoms with Crippen molar-refractivity contribution in [2.24, 2.45) is 7.05 Å². The third kappa shape index (κ3) is 4.20. The number of halogens is 2. The Labute approximate surface area is 164 Å². The number of rotatable bonds is 7. The lowest BCUT2D eigenvalue weighted by Gasteiger charge is -2.01. The number of ketones is 2. The van der Waals surface area contributed by atoms with Gasteiger partial charge in [0.1, 0.15) is 11.5 Å². The van der Waals surface area contributed by atoms with Crippen molar-refractivity contribution in [1.82, 2.24) is 9.55 Å². The molecule has 2 aromatic heterocycles. The minimum Gasteiger partial charge on any atom is -0.477 e. The first-order chi connectivity index (χ1) is 13.2. The van der Waals surface area contributed by atoms with Gasteiger partial charge < -0.3 is 14.7 Å². The van der Waals surface area contributed by atoms with Gasteiger partial charge in [-0.05, 0) is 41.5 Å². The summed E-state index contributed by atoms with van der Waals surface area (Å²) in [5.74, 6) is -2.45. The summed E-state index contributed by atoms with van der Waals surface area (Å²) in [5.41, 5.74) is 1.43. The summed E-state index contributed by atoms with van der Waals surface area (Å²) >= 11 is 5.69. The molecule has 0 unspecified atom stereocenters. The molecule has 0 bridgehead atoms. The molecule has 2 N–H and O–H groups in total. The van der Waals surface area contributed by atoms with E-state index in [9.17, 15) is 18.8 Å². The molecule has 0 fully saturated rings. The van der Waals surface area contributed by atoms with E-state index in [0.29, 0.717) is 16.8 Å². The predicted molar refractivity (Wildman–Crippen MR) is 101 cm³/mol. The van der Waals surface area contributed by atoms with Crippen LogP contribution in [0.3, 0.4) is 0 Å². The lowest BCUT2D eigenvalue weighted by molar-refractivity contribution is 0.0686. The molecule has 0 aliphatic carbocycles. The monoisotopic (exact) mass is 402 g/mol. The second-order valence-corrected chi connectivity index (χ2v) is 6.83. The average Bonchev–Trinajstić information content (AvgIpc) is 3.21. The fraction of sp³-hybridized carbons (Fsp3) is 0.150. The van der Waals surface area contributed by atoms with Crippen LogP contribution in [0.5, 0.6) is 0 Å². The summed E-state index contributed by atoms with van der Waals surface area (Å²) in [6.45, 7) is 0. The molecule has 0 aliphatic rings. The van der Waals surface area contributed by atoms with Gasteiger partial charge in [0.15, 0.2) is 11.6 Å². The second kappa shape index (κ2) is 7.82. The van der Waals surface area contributed by atoms with E-state index in [4.69, 9.17) is 16.7 Å². The Balaban J connectivity index is 1.69. The highest BCUT2D eigenvalue weighted by Gasteiger charge is 2.17. The van der Waals surface area contributed by atoms with Crippen LogP contribution in [-0.4, -0.2) is 32.2 Å². The zero-order valence-corrected chi connectivity index (χ0v) is 15.6. The first kappa shape index (κ1) is 19.6. The van der Waals surface area contributed by atoms with Crippen LogP contribution in [-0.2, 0) is 19.9 Å². The first-order valence-corrected chi connectivity index (χ1v) is 8.69. The van der Waals surface area contributed by atoms with Crippen LogP contribution < -0.4 is 0 Å². The SMILES string of the molecule is Cn1cc(CC(=O)c2cc(CC(=O)c3ccc(Cl)cc3F)c[nH]2)cc1C(=O)O. The Morgan fingerprint density at radius 1 is 1.11 bits per heavy atom. The molecule has 3 rings (SSSR count). The Kier molecular flexibility index (Phi) is 5.46. The van der Waals surface area contributed by atoms with Gasteiger partial charge >= 0.3 is 5.97 Å². The fourth-order valence-corrected chi connectivity index (χ4v) is 3.08. The number of hydrogen-bond acceptors (Lipinski definition) is 3. The van der Waals surface area contributed by atoms with Crippen LogP contribution in [0, 0.1) is 5.82 Å². The fourth-order valence-electron chi connectivity index (χ4n) is 2.92. The van der Waals surface area contributed by atoms with Gasteiger partial charge in [0.05, 0.1) is 11.3 Å². The molecule has 1 aromatic carbocycles. The van der Waals surface area contributed by atoms with Crippen molar-refractivity contribution in [2.45, 2.75) is 12.8 Å². The van der Waals surface area contributed by atoms with Crippen molar-refractivity contribution in [3.05, 3.63) is 81.6 Å². The summed E-state index contributed by atoms with van der Waals surface area (Å²) in [5, 5.41) is 9.27. The number of aromatic amines is 1. The zero-order chi connectivity index (χ0) is 20.4. The van der Waals surface area contributed by atoms with Gasteiger partial charge in [-0.2, -0.15) is 0 Å². The predicted octanol–water partition coefficient (Wildman–Crippen LogP) is 3.69. The van der Waals surface area contributed by atoms with E-state index in [1.165, 1.54) is 35.0 Å². The van der Waals surface area contributed by atoms with Gasteiger partial charge in [0, 0.05) is 37.3 Å². The largest absolute Gasteiger partial charge is 0.477 e. The van der Waals surface area contributed by atoms with E-state index in [2.05, 4.69) is 4.98 Å². The van der Waals surface area contributed by atoms with Crippen molar-refractivity contribution in [2.75, 3.05) is 0 Å². The third-order valence-electron chi connectivity index (χ3n) is 4.28. The lowest BCUT2D eigenvalue weighted by Crippen LogP contribution is -2.06. The van der Waals surface area contributed by atoms with Crippen molar-refractivity contribution >= 4 is 29.1 Å². The molecule has 8 heteroatoms. The topological polar surface area (TPSA) is 92.2 Å². The summed E-state index contributed by atoms with van der Waals surface area (Å²) in [6.07, 6.45) is 3.04. The van der Waals surface area contributed by atoms with Crippen molar-refractivity contribution in [3.8, 4) is 0 Å². The number of carbonyl (C=O) groups excluding carboxylic acids is 2. The number of benzene rings is 1. The second-order valence-electron chi connectivity index (χ2n) is 6.40. The van der Waals surface area contributed by atoms with Gasteiger partial charge in [0.2, 0.25) is 0 Å². The number of carbonyl (C=O) groups is 3. The minimum absolute atomic E-state index is 0.0147. The molecular weight excluding hydrogens is 387 g/mol. The van der Waals surface area contributed by atoms with Gasteiger partial charge in [-0.15, -0.1) is 0 Å². The lowest BCUT2D eigenvalue weighted by atomic mass is 10.0. The van der Waals surface area contributed by atoms with Crippen LogP contribution in [0.2, 0.25) is 5.02 Å². The molecule has 3 aromatic rings. The summed E-state index contributed by atoms with van der Waals surface area (Å²) in [4.78, 5) is 38.6. The van der Waals surface area contributed by atoms with Crippen LogP contribution in [0.25, 0.3) is 0 Å². The summed E-state index contributed by atoms with van der Waals surface area (Å²) in [6, 6.07) is 6.82. The number of aromatic carboxylic acids is 1. The molecule has 144 valence electrons. The normalized spacial score (nSPS) is 10.8. The van der Waals surface area contributed by atoms with E-state index in [-0.39, 0.29) is 34.9 Å². The highest BCUT2D eigenvalue weighted by molar-refractivity contribution is 6.30. The quantitative estimate of drug-likeness (QED) is 0.589. The molecule has 0 saturated carbocycles. The van der Waals surface area contributed by atoms with E-state index >= 15 is 0 Å². The van der Waals surface area contributed by atoms with E-state index in [0.717, 1.165) is 6.07 Å². The van der Waals surface area contributed by atoms with Crippen molar-refractivity contribution in [1.29, 1.82) is 0 Å². The van der Waals surface area contributed by atoms with Crippen molar-refractivity contribution < 1.29 is 23.9 Å². The number of carboxylic acids is 1. The molecule has 28 heavy (non-hydrogen) atoms. The highest BCUT2D eigenvalue weighted by atomic mass is 35.5. The first-order valence-electron chi connectivity index (χ1n) is 8.32. The van der Waals surface area contributed by atoms with Crippen LogP contribution in [0.4, 0.5) is 4.39 Å². The molecule has 0 aliphatic heterocycles. The van der Waals surface area contributed by atoms with Crippen LogP contribution in [0.1, 0.15) is 42.5 Å². The molecule has 6 nitrogen and oxygen atoms in total. The van der Waals surface area contributed by atoms with Crippen LogP contribution >= 0.6 is 11.6 Å². The Bertz CT molecular complexity index is 1080. The van der Waals surface area contributed by atoms with E-state index in [1.54, 1.807) is 13.2 Å². The highest BCUT2D eigenvalue weighted by Crippen LogP contribution is 2.18. The molecule has 2 heterocycles. The third-order valence-corrected chi connectivity index (χ3v) is 4.52. The number of nitrogens with zero attached hydrogens (tertiary/aromatic N) is 1. The number of aromatic nitrogens is 2. The maximum atomic E-state index is 13.9. The standard InChI is InChI=1S/C20H16ClFN2O4/c1-24-10-12(5-17(24)20(27)28)7-19(26)16-4-11(9-23-16)6-18(25)14-3-2-13(21)8-15(14)22/h2-5,8-10,23H,6-7H2,1H3,(H,27,28). The maximum absolute atomic E-state index is 13.9. The van der Waals surface area contributed by atoms with Crippen molar-refractivity contribution in [3.63, 3.8) is 0 Å². The summed E-state index contributed by atoms with van der Waals surface area (Å²) < 4.78 is 15.3. The Morgan fingerprint density at radius 3 is 2.46 bits per heavy atom. The number of carboxylic acid groups (broad SMARTS) is 1. The molecule has 0 atom stereocenters. The molecule has 0 radical (unpaired) electrons. The maximum Gasteiger partial charge on any atom is 0.352 e. The van der Waals surface area contributed by atoms with E-state index < -0.39 is 17.6 Å². The Morgan fingerprint density at radius 2 is 1.82 bits per heavy atom. The molecule has 0 amide bonds. The smallest absolute Gasteiger partial charge is 0.352 e. The average molecular weight is 403 g/mol. The van der Waals surface area contributed by atoms with Gasteiger partial charge in [-0.25, -0.2) is 9.18 Å². The zero-order valence-electron chi connectivity index (χ0n) is 14.8. The molecule has 0 saturated heterocycles. The van der Waals surface area contributed by atoms with Crippen LogP contribution in [0.15, 0.2) is 42.7 Å². The van der Waals surface area contributed by atoms with Gasteiger partial charge in [0.25, 0.3) is 0 Å². The molecule has 0 spiro atoms. The Hall–Kier alpha value is -3.19. The van der Waals surface area contributed by atoms with Gasteiger partial charge in [-0.3, -0.25) is 9.59 Å². The van der Waals surface area contributed by atoms with E-state index in [1.807, 2.05) is 0 Å². The summed E-state index contributed by atoms with van der Waals surface area (Å²) in [7, 11) is 1.59. The number of nitrogens with one attached hydrogen (secondary N) is 1.